The molecule has 4 heteroatoms. The lowest BCUT2D eigenvalue weighted by Gasteiger charge is -2.19. The summed E-state index contributed by atoms with van der Waals surface area (Å²) in [5.74, 6) is -1.59. The van der Waals surface area contributed by atoms with Crippen molar-refractivity contribution in [3.8, 4) is 0 Å². The zero-order valence-corrected chi connectivity index (χ0v) is 12.4. The van der Waals surface area contributed by atoms with E-state index < -0.39 is 11.6 Å². The van der Waals surface area contributed by atoms with E-state index in [1.165, 1.54) is 0 Å². The Labute approximate surface area is 126 Å². The molecule has 0 spiro atoms. The largest absolute Gasteiger partial charge is 0.306 e. The van der Waals surface area contributed by atoms with Gasteiger partial charge >= 0.3 is 0 Å². The highest BCUT2D eigenvalue weighted by Crippen LogP contribution is 2.34. The average molecular weight is 303 g/mol. The van der Waals surface area contributed by atoms with Crippen molar-refractivity contribution in [2.24, 2.45) is 0 Å². The molecule has 0 aliphatic heterocycles. The number of benzene rings is 2. The summed E-state index contributed by atoms with van der Waals surface area (Å²) < 4.78 is 28.8. The van der Waals surface area contributed by atoms with Crippen LogP contribution in [0.25, 0.3) is 10.1 Å². The molecule has 2 aromatic carbocycles. The number of hydrogen-bond acceptors (Lipinski definition) is 2. The number of nitrogens with one attached hydrogen (secondary N) is 1. The van der Waals surface area contributed by atoms with E-state index in [9.17, 15) is 8.78 Å². The van der Waals surface area contributed by atoms with Crippen LogP contribution in [-0.2, 0) is 0 Å². The summed E-state index contributed by atoms with van der Waals surface area (Å²) in [5.41, 5.74) is 1.34. The van der Waals surface area contributed by atoms with E-state index in [1.807, 2.05) is 36.6 Å². The van der Waals surface area contributed by atoms with Gasteiger partial charge in [0.25, 0.3) is 0 Å². The molecule has 1 N–H and O–H groups in total. The summed E-state index contributed by atoms with van der Waals surface area (Å²) in [7, 11) is 0. The Kier molecular flexibility index (Phi) is 3.99. The molecule has 1 unspecified atom stereocenters. The van der Waals surface area contributed by atoms with Crippen molar-refractivity contribution < 1.29 is 8.78 Å². The van der Waals surface area contributed by atoms with Crippen molar-refractivity contribution in [3.05, 3.63) is 70.6 Å². The second-order valence-corrected chi connectivity index (χ2v) is 5.73. The normalized spacial score (nSPS) is 12.7. The van der Waals surface area contributed by atoms with Gasteiger partial charge in [0, 0.05) is 10.3 Å². The lowest BCUT2D eigenvalue weighted by molar-refractivity contribution is 0.483. The monoisotopic (exact) mass is 303 g/mol. The van der Waals surface area contributed by atoms with Gasteiger partial charge in [0.2, 0.25) is 0 Å². The van der Waals surface area contributed by atoms with E-state index >= 15 is 0 Å². The van der Waals surface area contributed by atoms with E-state index in [0.717, 1.165) is 21.7 Å². The fourth-order valence-electron chi connectivity index (χ4n) is 2.56. The number of hydrogen-bond donors (Lipinski definition) is 1. The number of halogens is 2. The maximum Gasteiger partial charge on any atom is 0.163 e. The van der Waals surface area contributed by atoms with Crippen LogP contribution in [0.3, 0.4) is 0 Å². The average Bonchev–Trinajstić information content (AvgIpc) is 2.92. The van der Waals surface area contributed by atoms with Gasteiger partial charge in [0.1, 0.15) is 0 Å². The second kappa shape index (κ2) is 5.92. The first kappa shape index (κ1) is 14.2. The zero-order valence-electron chi connectivity index (χ0n) is 11.6. The standard InChI is InChI=1S/C17H15F2NS/c1-2-20-17(12-7-5-8-14(18)16(12)19)13-10-21-15-9-4-3-6-11(13)15/h3-10,17,20H,2H2,1H3. The number of fused-ring (bicyclic) bond motifs is 1. The van der Waals surface area contributed by atoms with Crippen LogP contribution in [0.1, 0.15) is 24.1 Å². The Hall–Kier alpha value is -1.78. The van der Waals surface area contributed by atoms with Gasteiger partial charge in [-0.05, 0) is 35.0 Å². The van der Waals surface area contributed by atoms with Gasteiger partial charge in [0.05, 0.1) is 6.04 Å². The molecule has 108 valence electrons. The first-order valence-electron chi connectivity index (χ1n) is 6.85. The van der Waals surface area contributed by atoms with Crippen molar-refractivity contribution in [1.29, 1.82) is 0 Å². The van der Waals surface area contributed by atoms with Crippen LogP contribution in [-0.4, -0.2) is 6.54 Å². The van der Waals surface area contributed by atoms with Crippen LogP contribution in [0.2, 0.25) is 0 Å². The molecule has 1 heterocycles. The quantitative estimate of drug-likeness (QED) is 0.724. The Morgan fingerprint density at radius 2 is 1.86 bits per heavy atom. The Bertz CT molecular complexity index is 766. The maximum atomic E-state index is 14.2. The zero-order chi connectivity index (χ0) is 14.8. The van der Waals surface area contributed by atoms with E-state index in [4.69, 9.17) is 0 Å². The van der Waals surface area contributed by atoms with Crippen LogP contribution >= 0.6 is 11.3 Å². The Morgan fingerprint density at radius 1 is 1.05 bits per heavy atom. The molecule has 1 aromatic heterocycles. The fraction of sp³-hybridized carbons (Fsp3) is 0.176. The predicted molar refractivity (Wildman–Crippen MR) is 83.7 cm³/mol. The van der Waals surface area contributed by atoms with Crippen LogP contribution in [0.5, 0.6) is 0 Å². The first-order chi connectivity index (χ1) is 10.2. The molecule has 0 bridgehead atoms. The number of rotatable bonds is 4. The van der Waals surface area contributed by atoms with Crippen molar-refractivity contribution in [2.45, 2.75) is 13.0 Å². The third-order valence-electron chi connectivity index (χ3n) is 3.52. The van der Waals surface area contributed by atoms with Crippen molar-refractivity contribution in [1.82, 2.24) is 5.32 Å². The molecule has 21 heavy (non-hydrogen) atoms. The minimum absolute atomic E-state index is 0.346. The molecule has 0 aliphatic rings. The maximum absolute atomic E-state index is 14.2. The van der Waals surface area contributed by atoms with E-state index in [2.05, 4.69) is 5.32 Å². The van der Waals surface area contributed by atoms with Gasteiger partial charge in [-0.25, -0.2) is 8.78 Å². The van der Waals surface area contributed by atoms with Crippen molar-refractivity contribution in [3.63, 3.8) is 0 Å². The van der Waals surface area contributed by atoms with Gasteiger partial charge < -0.3 is 5.32 Å². The molecule has 0 saturated heterocycles. The summed E-state index contributed by atoms with van der Waals surface area (Å²) in [6, 6.07) is 12.0. The minimum Gasteiger partial charge on any atom is -0.306 e. The molecular formula is C17H15F2NS. The molecule has 1 nitrogen and oxygen atoms in total. The highest BCUT2D eigenvalue weighted by molar-refractivity contribution is 7.17. The topological polar surface area (TPSA) is 12.0 Å². The highest BCUT2D eigenvalue weighted by atomic mass is 32.1. The molecule has 0 saturated carbocycles. The number of thiophene rings is 1. The Balaban J connectivity index is 2.16. The molecule has 0 amide bonds. The van der Waals surface area contributed by atoms with E-state index in [-0.39, 0.29) is 6.04 Å². The van der Waals surface area contributed by atoms with Crippen LogP contribution in [0, 0.1) is 11.6 Å². The lowest BCUT2D eigenvalue weighted by Crippen LogP contribution is -2.23. The van der Waals surface area contributed by atoms with Crippen molar-refractivity contribution in [2.75, 3.05) is 6.54 Å². The van der Waals surface area contributed by atoms with Crippen LogP contribution in [0.15, 0.2) is 47.8 Å². The third kappa shape index (κ3) is 2.57. The highest BCUT2D eigenvalue weighted by Gasteiger charge is 2.21. The summed E-state index contributed by atoms with van der Waals surface area (Å²) in [5, 5.41) is 6.36. The van der Waals surface area contributed by atoms with Gasteiger partial charge in [0.15, 0.2) is 11.6 Å². The van der Waals surface area contributed by atoms with Crippen molar-refractivity contribution >= 4 is 21.4 Å². The van der Waals surface area contributed by atoms with E-state index in [0.29, 0.717) is 12.1 Å². The Morgan fingerprint density at radius 3 is 2.67 bits per heavy atom. The summed E-state index contributed by atoms with van der Waals surface area (Å²) >= 11 is 1.62. The molecular weight excluding hydrogens is 288 g/mol. The predicted octanol–water partition coefficient (Wildman–Crippen LogP) is 4.88. The SMILES string of the molecule is CCNC(c1cccc(F)c1F)c1csc2ccccc12. The summed E-state index contributed by atoms with van der Waals surface area (Å²) in [6.45, 7) is 2.63. The summed E-state index contributed by atoms with van der Waals surface area (Å²) in [4.78, 5) is 0. The van der Waals surface area contributed by atoms with Gasteiger partial charge in [-0.1, -0.05) is 37.3 Å². The molecule has 0 aliphatic carbocycles. The fourth-order valence-corrected chi connectivity index (χ4v) is 3.54. The molecule has 3 aromatic rings. The second-order valence-electron chi connectivity index (χ2n) is 4.82. The lowest BCUT2D eigenvalue weighted by atomic mass is 9.97. The van der Waals surface area contributed by atoms with Crippen LogP contribution < -0.4 is 5.32 Å². The first-order valence-corrected chi connectivity index (χ1v) is 7.73. The van der Waals surface area contributed by atoms with Gasteiger partial charge in [-0.2, -0.15) is 0 Å². The molecule has 0 fully saturated rings. The van der Waals surface area contributed by atoms with Gasteiger partial charge in [-0.3, -0.25) is 0 Å². The smallest absolute Gasteiger partial charge is 0.163 e. The minimum atomic E-state index is -0.810. The van der Waals surface area contributed by atoms with Gasteiger partial charge in [-0.15, -0.1) is 11.3 Å². The summed E-state index contributed by atoms with van der Waals surface area (Å²) in [6.07, 6.45) is 0. The molecule has 3 rings (SSSR count). The molecule has 0 radical (unpaired) electrons. The molecule has 1 atom stereocenters. The van der Waals surface area contributed by atoms with Crippen LogP contribution in [0.4, 0.5) is 8.78 Å². The third-order valence-corrected chi connectivity index (χ3v) is 4.50. The van der Waals surface area contributed by atoms with E-state index in [1.54, 1.807) is 23.5 Å².